The number of alkyl halides is 3. The van der Waals surface area contributed by atoms with Crippen LogP contribution in [0.25, 0.3) is 0 Å². The van der Waals surface area contributed by atoms with E-state index in [1.807, 2.05) is 0 Å². The van der Waals surface area contributed by atoms with E-state index in [2.05, 4.69) is 11.7 Å². The molecule has 0 aliphatic carbocycles. The van der Waals surface area contributed by atoms with Crippen molar-refractivity contribution in [2.45, 2.75) is 25.6 Å². The van der Waals surface area contributed by atoms with Gasteiger partial charge in [0.1, 0.15) is 5.75 Å². The van der Waals surface area contributed by atoms with Crippen LogP contribution >= 0.6 is 0 Å². The van der Waals surface area contributed by atoms with Crippen LogP contribution in [0.4, 0.5) is 13.2 Å². The van der Waals surface area contributed by atoms with Gasteiger partial charge in [0.05, 0.1) is 0 Å². The number of hydrogen-bond donors (Lipinski definition) is 0. The third-order valence-corrected chi connectivity index (χ3v) is 1.85. The third-order valence-electron chi connectivity index (χ3n) is 1.85. The van der Waals surface area contributed by atoms with Crippen molar-refractivity contribution in [1.82, 2.24) is 0 Å². The topological polar surface area (TPSA) is 9.23 Å². The zero-order chi connectivity index (χ0) is 11.3. The monoisotopic (exact) mass is 217 g/mol. The Balaban J connectivity index is 2.66. The number of benzene rings is 1. The van der Waals surface area contributed by atoms with Crippen LogP contribution in [0.3, 0.4) is 0 Å². The summed E-state index contributed by atoms with van der Waals surface area (Å²) in [5, 5.41) is 0. The average Bonchev–Trinajstić information content (AvgIpc) is 2.12. The minimum absolute atomic E-state index is 0.163. The van der Waals surface area contributed by atoms with Gasteiger partial charge in [-0.2, -0.15) is 0 Å². The fraction of sp³-hybridized carbons (Fsp3) is 0.364. The molecule has 0 aromatic heterocycles. The molecule has 1 radical (unpaired) electrons. The third kappa shape index (κ3) is 4.72. The second kappa shape index (κ2) is 5.05. The van der Waals surface area contributed by atoms with Crippen molar-refractivity contribution in [2.24, 2.45) is 0 Å². The zero-order valence-electron chi connectivity index (χ0n) is 8.18. The molecule has 0 atom stereocenters. The molecule has 0 N–H and O–H groups in total. The van der Waals surface area contributed by atoms with Crippen molar-refractivity contribution < 1.29 is 17.9 Å². The van der Waals surface area contributed by atoms with E-state index in [1.165, 1.54) is 12.1 Å². The molecule has 0 amide bonds. The van der Waals surface area contributed by atoms with Crippen molar-refractivity contribution in [2.75, 3.05) is 0 Å². The summed E-state index contributed by atoms with van der Waals surface area (Å²) in [5.41, 5.74) is 0.834. The number of aryl methyl sites for hydroxylation is 1. The molecule has 83 valence electrons. The molecule has 4 heteroatoms. The fourth-order valence-electron chi connectivity index (χ4n) is 1.23. The van der Waals surface area contributed by atoms with Gasteiger partial charge >= 0.3 is 6.36 Å². The van der Waals surface area contributed by atoms with E-state index in [9.17, 15) is 13.2 Å². The summed E-state index contributed by atoms with van der Waals surface area (Å²) in [4.78, 5) is 0. The van der Waals surface area contributed by atoms with E-state index in [-0.39, 0.29) is 5.75 Å². The summed E-state index contributed by atoms with van der Waals surface area (Å²) in [5.74, 6) is -0.163. The van der Waals surface area contributed by atoms with Gasteiger partial charge in [-0.3, -0.25) is 0 Å². The van der Waals surface area contributed by atoms with Crippen LogP contribution in [0.5, 0.6) is 5.75 Å². The summed E-state index contributed by atoms with van der Waals surface area (Å²) < 4.78 is 39.5. The molecule has 0 aliphatic heterocycles. The van der Waals surface area contributed by atoms with Crippen LogP contribution < -0.4 is 4.74 Å². The Hall–Kier alpha value is -1.19. The summed E-state index contributed by atoms with van der Waals surface area (Å²) in [6, 6.07) is 6.03. The Labute approximate surface area is 86.9 Å². The first-order chi connectivity index (χ1) is 7.01. The van der Waals surface area contributed by atoms with Crippen LogP contribution in [0.15, 0.2) is 24.3 Å². The highest BCUT2D eigenvalue weighted by Crippen LogP contribution is 2.23. The molecule has 0 saturated carbocycles. The molecule has 0 spiro atoms. The van der Waals surface area contributed by atoms with Gasteiger partial charge < -0.3 is 4.74 Å². The molecule has 0 aliphatic rings. The number of ether oxygens (including phenoxy) is 1. The predicted octanol–water partition coefficient (Wildman–Crippen LogP) is 3.74. The predicted molar refractivity (Wildman–Crippen MR) is 51.4 cm³/mol. The second-order valence-electron chi connectivity index (χ2n) is 3.15. The first kappa shape index (κ1) is 11.9. The van der Waals surface area contributed by atoms with Crippen LogP contribution in [0.2, 0.25) is 0 Å². The van der Waals surface area contributed by atoms with E-state index in [4.69, 9.17) is 0 Å². The molecule has 0 fully saturated rings. The van der Waals surface area contributed by atoms with E-state index in [0.717, 1.165) is 24.8 Å². The number of unbranched alkanes of at least 4 members (excludes halogenated alkanes) is 1. The maximum absolute atomic E-state index is 11.9. The van der Waals surface area contributed by atoms with Gasteiger partial charge in [0.2, 0.25) is 0 Å². The molecular weight excluding hydrogens is 205 g/mol. The quantitative estimate of drug-likeness (QED) is 0.746. The lowest BCUT2D eigenvalue weighted by molar-refractivity contribution is -0.274. The van der Waals surface area contributed by atoms with Crippen LogP contribution in [0, 0.1) is 6.92 Å². The lowest BCUT2D eigenvalue weighted by Gasteiger charge is -2.09. The molecule has 1 aromatic rings. The van der Waals surface area contributed by atoms with E-state index >= 15 is 0 Å². The molecule has 0 bridgehead atoms. The minimum atomic E-state index is -4.62. The number of halogens is 3. The zero-order valence-corrected chi connectivity index (χ0v) is 8.18. The van der Waals surface area contributed by atoms with Crippen molar-refractivity contribution >= 4 is 0 Å². The molecule has 1 rings (SSSR count). The summed E-state index contributed by atoms with van der Waals surface area (Å²) in [7, 11) is 0. The number of hydrogen-bond acceptors (Lipinski definition) is 1. The summed E-state index contributed by atoms with van der Waals surface area (Å²) in [6.07, 6.45) is -2.27. The first-order valence-electron chi connectivity index (χ1n) is 4.65. The van der Waals surface area contributed by atoms with Gasteiger partial charge in [0.25, 0.3) is 0 Å². The maximum atomic E-state index is 11.9. The lowest BCUT2D eigenvalue weighted by atomic mass is 10.1. The van der Waals surface area contributed by atoms with Crippen LogP contribution in [-0.4, -0.2) is 6.36 Å². The Bertz CT molecular complexity index is 307. The molecular formula is C11H12F3O. The van der Waals surface area contributed by atoms with Gasteiger partial charge in [-0.15, -0.1) is 13.2 Å². The van der Waals surface area contributed by atoms with Crippen molar-refractivity contribution in [3.63, 3.8) is 0 Å². The normalized spacial score (nSPS) is 11.5. The SMILES string of the molecule is [CH2]CCCc1cccc(OC(F)(F)F)c1. The van der Waals surface area contributed by atoms with Gasteiger partial charge in [-0.05, 0) is 30.5 Å². The smallest absolute Gasteiger partial charge is 0.406 e. The largest absolute Gasteiger partial charge is 0.573 e. The highest BCUT2D eigenvalue weighted by molar-refractivity contribution is 5.28. The van der Waals surface area contributed by atoms with Gasteiger partial charge in [-0.25, -0.2) is 0 Å². The fourth-order valence-corrected chi connectivity index (χ4v) is 1.23. The Morgan fingerprint density at radius 3 is 2.60 bits per heavy atom. The molecule has 1 nitrogen and oxygen atoms in total. The average molecular weight is 217 g/mol. The minimum Gasteiger partial charge on any atom is -0.406 e. The molecule has 0 saturated heterocycles. The van der Waals surface area contributed by atoms with E-state index in [0.29, 0.717) is 0 Å². The van der Waals surface area contributed by atoms with Gasteiger partial charge in [0, 0.05) is 0 Å². The lowest BCUT2D eigenvalue weighted by Crippen LogP contribution is -2.17. The first-order valence-corrected chi connectivity index (χ1v) is 4.65. The highest BCUT2D eigenvalue weighted by atomic mass is 19.4. The molecule has 1 aromatic carbocycles. The number of rotatable bonds is 4. The summed E-state index contributed by atoms with van der Waals surface area (Å²) >= 11 is 0. The molecule has 0 heterocycles. The summed E-state index contributed by atoms with van der Waals surface area (Å²) in [6.45, 7) is 3.67. The molecule has 0 unspecified atom stereocenters. The van der Waals surface area contributed by atoms with Crippen molar-refractivity contribution in [3.05, 3.63) is 36.8 Å². The Morgan fingerprint density at radius 1 is 1.27 bits per heavy atom. The maximum Gasteiger partial charge on any atom is 0.573 e. The highest BCUT2D eigenvalue weighted by Gasteiger charge is 2.30. The Kier molecular flexibility index (Phi) is 4.00. The van der Waals surface area contributed by atoms with Crippen LogP contribution in [0.1, 0.15) is 18.4 Å². The van der Waals surface area contributed by atoms with Crippen molar-refractivity contribution in [3.8, 4) is 5.75 Å². The standard InChI is InChI=1S/C11H12F3O/c1-2-3-5-9-6-4-7-10(8-9)15-11(12,13)14/h4,6-8H,1-3,5H2. The van der Waals surface area contributed by atoms with Crippen LogP contribution in [-0.2, 0) is 6.42 Å². The molecule has 15 heavy (non-hydrogen) atoms. The van der Waals surface area contributed by atoms with Crippen molar-refractivity contribution in [1.29, 1.82) is 0 Å². The van der Waals surface area contributed by atoms with Gasteiger partial charge in [-0.1, -0.05) is 25.5 Å². The Morgan fingerprint density at radius 2 is 2.00 bits per heavy atom. The van der Waals surface area contributed by atoms with E-state index in [1.54, 1.807) is 12.1 Å². The van der Waals surface area contributed by atoms with E-state index < -0.39 is 6.36 Å². The second-order valence-corrected chi connectivity index (χ2v) is 3.15. The van der Waals surface area contributed by atoms with Gasteiger partial charge in [0.15, 0.2) is 0 Å².